The molecule has 0 saturated carbocycles. The highest BCUT2D eigenvalue weighted by molar-refractivity contribution is 7.90. The van der Waals surface area contributed by atoms with Crippen molar-refractivity contribution in [2.75, 3.05) is 13.1 Å². The number of nitrogens with zero attached hydrogens (tertiary/aromatic N) is 1. The highest BCUT2D eigenvalue weighted by Crippen LogP contribution is 2.17. The quantitative estimate of drug-likeness (QED) is 0.876. The van der Waals surface area contributed by atoms with Crippen LogP contribution in [0.1, 0.15) is 44.7 Å². The first kappa shape index (κ1) is 19.1. The molecule has 0 radical (unpaired) electrons. The summed E-state index contributed by atoms with van der Waals surface area (Å²) in [6.45, 7) is 5.09. The summed E-state index contributed by atoms with van der Waals surface area (Å²) in [5.74, 6) is -0.774. The lowest BCUT2D eigenvalue weighted by molar-refractivity contribution is 0.0792. The number of rotatable bonds is 4. The van der Waals surface area contributed by atoms with Crippen molar-refractivity contribution in [2.45, 2.75) is 31.6 Å². The largest absolute Gasteiger partial charge is 0.339 e. The molecule has 0 aliphatic carbocycles. The molecule has 0 unspecified atom stereocenters. The van der Waals surface area contributed by atoms with E-state index in [4.69, 9.17) is 0 Å². The number of hydrogen-bond donors (Lipinski definition) is 1. The first-order valence-corrected chi connectivity index (χ1v) is 10.3. The van der Waals surface area contributed by atoms with Gasteiger partial charge in [0.25, 0.3) is 21.8 Å². The van der Waals surface area contributed by atoms with Crippen LogP contribution in [0.4, 0.5) is 0 Å². The topological polar surface area (TPSA) is 83.5 Å². The lowest BCUT2D eigenvalue weighted by Crippen LogP contribution is -2.31. The fourth-order valence-electron chi connectivity index (χ4n) is 3.11. The Labute approximate surface area is 159 Å². The Balaban J connectivity index is 1.77. The first-order valence-electron chi connectivity index (χ1n) is 8.82. The molecule has 3 rings (SSSR count). The van der Waals surface area contributed by atoms with Gasteiger partial charge < -0.3 is 4.90 Å². The smallest absolute Gasteiger partial charge is 0.265 e. The van der Waals surface area contributed by atoms with Crippen LogP contribution in [-0.4, -0.2) is 38.2 Å². The average Bonchev–Trinajstić information content (AvgIpc) is 3.17. The van der Waals surface area contributed by atoms with Crippen molar-refractivity contribution >= 4 is 21.8 Å². The molecule has 1 aliphatic rings. The number of hydrogen-bond acceptors (Lipinski definition) is 4. The van der Waals surface area contributed by atoms with Crippen molar-refractivity contribution in [3.05, 3.63) is 64.7 Å². The van der Waals surface area contributed by atoms with Crippen LogP contribution < -0.4 is 4.72 Å². The predicted octanol–water partition coefficient (Wildman–Crippen LogP) is 2.66. The number of nitrogens with one attached hydrogen (secondary N) is 1. The van der Waals surface area contributed by atoms with Crippen molar-refractivity contribution in [1.29, 1.82) is 0 Å². The Kier molecular flexibility index (Phi) is 5.32. The molecule has 6 nitrogen and oxygen atoms in total. The molecule has 7 heteroatoms. The zero-order valence-corrected chi connectivity index (χ0v) is 16.2. The van der Waals surface area contributed by atoms with E-state index in [0.29, 0.717) is 11.1 Å². The molecular formula is C20H22N2O4S. The van der Waals surface area contributed by atoms with Gasteiger partial charge in [-0.1, -0.05) is 12.1 Å². The Morgan fingerprint density at radius 1 is 0.963 bits per heavy atom. The third-order valence-electron chi connectivity index (χ3n) is 4.88. The van der Waals surface area contributed by atoms with Gasteiger partial charge >= 0.3 is 0 Å². The zero-order chi connectivity index (χ0) is 19.6. The van der Waals surface area contributed by atoms with Crippen LogP contribution in [0.15, 0.2) is 47.4 Å². The molecule has 0 spiro atoms. The number of benzene rings is 2. The summed E-state index contributed by atoms with van der Waals surface area (Å²) in [7, 11) is -4.02. The van der Waals surface area contributed by atoms with Crippen molar-refractivity contribution in [2.24, 2.45) is 0 Å². The van der Waals surface area contributed by atoms with Crippen LogP contribution in [-0.2, 0) is 10.0 Å². The number of amides is 2. The number of aryl methyl sites for hydroxylation is 1. The lowest BCUT2D eigenvalue weighted by atomic mass is 10.0. The third kappa shape index (κ3) is 4.03. The minimum absolute atomic E-state index is 0.0564. The average molecular weight is 386 g/mol. The molecular weight excluding hydrogens is 364 g/mol. The van der Waals surface area contributed by atoms with Crippen molar-refractivity contribution < 1.29 is 18.0 Å². The van der Waals surface area contributed by atoms with Crippen LogP contribution in [0.25, 0.3) is 0 Å². The highest BCUT2D eigenvalue weighted by atomic mass is 32.2. The summed E-state index contributed by atoms with van der Waals surface area (Å²) in [5, 5.41) is 0. The second-order valence-electron chi connectivity index (χ2n) is 6.71. The van der Waals surface area contributed by atoms with Gasteiger partial charge in [-0.25, -0.2) is 13.1 Å². The molecule has 1 saturated heterocycles. The normalized spacial score (nSPS) is 14.2. The van der Waals surface area contributed by atoms with E-state index in [1.165, 1.54) is 24.3 Å². The molecule has 1 N–H and O–H groups in total. The minimum atomic E-state index is -4.02. The maximum Gasteiger partial charge on any atom is 0.265 e. The van der Waals surface area contributed by atoms with E-state index in [2.05, 4.69) is 4.72 Å². The summed E-state index contributed by atoms with van der Waals surface area (Å²) in [5.41, 5.74) is 2.40. The molecule has 2 aromatic carbocycles. The van der Waals surface area contributed by atoms with Crippen LogP contribution in [0, 0.1) is 13.8 Å². The third-order valence-corrected chi connectivity index (χ3v) is 6.23. The standard InChI is InChI=1S/C20H22N2O4S/c1-14-6-5-7-18(15(14)2)19(23)21-27(25,26)17-10-8-16(9-11-17)20(24)22-12-3-4-13-22/h5-11H,3-4,12-13H2,1-2H3,(H,21,23). The summed E-state index contributed by atoms with van der Waals surface area (Å²) in [6.07, 6.45) is 1.98. The Morgan fingerprint density at radius 2 is 1.59 bits per heavy atom. The molecule has 1 fully saturated rings. The summed E-state index contributed by atoms with van der Waals surface area (Å²) in [4.78, 5) is 26.5. The second kappa shape index (κ2) is 7.52. The van der Waals surface area contributed by atoms with E-state index in [-0.39, 0.29) is 10.8 Å². The Morgan fingerprint density at radius 3 is 2.22 bits per heavy atom. The summed E-state index contributed by atoms with van der Waals surface area (Å²) < 4.78 is 27.1. The van der Waals surface area contributed by atoms with E-state index in [1.807, 2.05) is 13.0 Å². The van der Waals surface area contributed by atoms with E-state index in [1.54, 1.807) is 24.0 Å². The number of likely N-dealkylation sites (tertiary alicyclic amines) is 1. The van der Waals surface area contributed by atoms with E-state index >= 15 is 0 Å². The molecule has 1 aliphatic heterocycles. The second-order valence-corrected chi connectivity index (χ2v) is 8.39. The Bertz CT molecular complexity index is 976. The monoisotopic (exact) mass is 386 g/mol. The van der Waals surface area contributed by atoms with Crippen molar-refractivity contribution in [3.63, 3.8) is 0 Å². The minimum Gasteiger partial charge on any atom is -0.339 e. The molecule has 0 bridgehead atoms. The molecule has 1 heterocycles. The lowest BCUT2D eigenvalue weighted by Gasteiger charge is -2.15. The van der Waals surface area contributed by atoms with Crippen LogP contribution in [0.3, 0.4) is 0 Å². The van der Waals surface area contributed by atoms with Gasteiger partial charge in [0.05, 0.1) is 4.90 Å². The number of carbonyl (C=O) groups excluding carboxylic acids is 2. The van der Waals surface area contributed by atoms with Gasteiger partial charge in [0.2, 0.25) is 0 Å². The molecule has 2 amide bonds. The van der Waals surface area contributed by atoms with E-state index in [9.17, 15) is 18.0 Å². The van der Waals surface area contributed by atoms with Gasteiger partial charge in [0.15, 0.2) is 0 Å². The maximum atomic E-state index is 12.5. The van der Waals surface area contributed by atoms with Gasteiger partial charge in [-0.2, -0.15) is 0 Å². The number of carbonyl (C=O) groups is 2. The van der Waals surface area contributed by atoms with Crippen LogP contribution >= 0.6 is 0 Å². The van der Waals surface area contributed by atoms with Crippen molar-refractivity contribution in [1.82, 2.24) is 9.62 Å². The van der Waals surface area contributed by atoms with Gasteiger partial charge in [0.1, 0.15) is 0 Å². The molecule has 27 heavy (non-hydrogen) atoms. The fraction of sp³-hybridized carbons (Fsp3) is 0.300. The highest BCUT2D eigenvalue weighted by Gasteiger charge is 2.22. The maximum absolute atomic E-state index is 12.5. The number of sulfonamides is 1. The van der Waals surface area contributed by atoms with Crippen LogP contribution in [0.2, 0.25) is 0 Å². The predicted molar refractivity (Wildman–Crippen MR) is 102 cm³/mol. The van der Waals surface area contributed by atoms with E-state index < -0.39 is 15.9 Å². The first-order chi connectivity index (χ1) is 12.8. The van der Waals surface area contributed by atoms with Gasteiger partial charge in [-0.15, -0.1) is 0 Å². The zero-order valence-electron chi connectivity index (χ0n) is 15.4. The SMILES string of the molecule is Cc1cccc(C(=O)NS(=O)(=O)c2ccc(C(=O)N3CCCC3)cc2)c1C. The fourth-order valence-corrected chi connectivity index (χ4v) is 4.08. The summed E-state index contributed by atoms with van der Waals surface area (Å²) in [6, 6.07) is 10.8. The molecule has 142 valence electrons. The van der Waals surface area contributed by atoms with E-state index in [0.717, 1.165) is 37.1 Å². The van der Waals surface area contributed by atoms with Gasteiger partial charge in [-0.05, 0) is 68.1 Å². The molecule has 0 aromatic heterocycles. The van der Waals surface area contributed by atoms with Crippen LogP contribution in [0.5, 0.6) is 0 Å². The van der Waals surface area contributed by atoms with Gasteiger partial charge in [0, 0.05) is 24.2 Å². The summed E-state index contributed by atoms with van der Waals surface area (Å²) >= 11 is 0. The van der Waals surface area contributed by atoms with Crippen molar-refractivity contribution in [3.8, 4) is 0 Å². The molecule has 0 atom stereocenters. The Hall–Kier alpha value is -2.67. The van der Waals surface area contributed by atoms with Gasteiger partial charge in [-0.3, -0.25) is 9.59 Å². The molecule has 2 aromatic rings.